The average molecular weight is 472 g/mol. The zero-order valence-electron chi connectivity index (χ0n) is 17.9. The van der Waals surface area contributed by atoms with Crippen LogP contribution in [0.4, 0.5) is 16.2 Å². The number of carbonyl (C=O) groups excluding carboxylic acids is 1. The first-order chi connectivity index (χ1) is 16.6. The van der Waals surface area contributed by atoms with Crippen molar-refractivity contribution in [3.8, 4) is 28.4 Å². The molecule has 9 nitrogen and oxygen atoms in total. The van der Waals surface area contributed by atoms with Crippen molar-refractivity contribution in [1.82, 2.24) is 24.8 Å². The summed E-state index contributed by atoms with van der Waals surface area (Å²) in [5.41, 5.74) is 4.05. The minimum Gasteiger partial charge on any atom is -0.495 e. The third-order valence-electron chi connectivity index (χ3n) is 5.03. The van der Waals surface area contributed by atoms with E-state index in [1.165, 1.54) is 7.11 Å². The Morgan fingerprint density at radius 1 is 0.941 bits per heavy atom. The van der Waals surface area contributed by atoms with Gasteiger partial charge in [0.25, 0.3) is 0 Å². The molecule has 3 heterocycles. The molecule has 0 saturated carbocycles. The Morgan fingerprint density at radius 3 is 2.62 bits per heavy atom. The van der Waals surface area contributed by atoms with Crippen LogP contribution in [0.15, 0.2) is 79.1 Å². The summed E-state index contributed by atoms with van der Waals surface area (Å²) in [7, 11) is 1.52. The van der Waals surface area contributed by atoms with Crippen LogP contribution in [0.2, 0.25) is 5.02 Å². The minimum absolute atomic E-state index is 0.431. The summed E-state index contributed by atoms with van der Waals surface area (Å²) in [6.45, 7) is 0. The van der Waals surface area contributed by atoms with E-state index in [9.17, 15) is 4.79 Å². The summed E-state index contributed by atoms with van der Waals surface area (Å²) in [6.07, 6.45) is 3.39. The quantitative estimate of drug-likeness (QED) is 0.366. The zero-order chi connectivity index (χ0) is 23.5. The topological polar surface area (TPSA) is 106 Å². The molecule has 3 aromatic heterocycles. The Balaban J connectivity index is 1.40. The number of ether oxygens (including phenoxy) is 1. The number of anilines is 2. The van der Waals surface area contributed by atoms with Crippen molar-refractivity contribution >= 4 is 34.7 Å². The molecule has 34 heavy (non-hydrogen) atoms. The number of methoxy groups -OCH3 is 1. The van der Waals surface area contributed by atoms with Crippen molar-refractivity contribution in [1.29, 1.82) is 0 Å². The highest BCUT2D eigenvalue weighted by molar-refractivity contribution is 6.31. The van der Waals surface area contributed by atoms with Gasteiger partial charge in [-0.15, -0.1) is 10.2 Å². The first kappa shape index (κ1) is 21.4. The molecule has 0 unspecified atom stereocenters. The molecule has 10 heteroatoms. The number of halogens is 1. The molecular weight excluding hydrogens is 454 g/mol. The highest BCUT2D eigenvalue weighted by Crippen LogP contribution is 2.28. The van der Waals surface area contributed by atoms with Crippen LogP contribution in [-0.2, 0) is 0 Å². The van der Waals surface area contributed by atoms with Crippen LogP contribution < -0.4 is 15.4 Å². The molecule has 2 aromatic carbocycles. The van der Waals surface area contributed by atoms with Crippen LogP contribution in [-0.4, -0.2) is 37.9 Å². The Morgan fingerprint density at radius 2 is 1.79 bits per heavy atom. The maximum Gasteiger partial charge on any atom is 0.323 e. The van der Waals surface area contributed by atoms with E-state index in [1.807, 2.05) is 42.5 Å². The summed E-state index contributed by atoms with van der Waals surface area (Å²) in [4.78, 5) is 16.6. The van der Waals surface area contributed by atoms with Gasteiger partial charge in [0.05, 0.1) is 18.5 Å². The standard InChI is InChI=1S/C24H18ClN7O2/c1-34-21-7-5-17(25)14-20(21)28-24(33)27-18-4-2-3-16(13-18)19-6-8-22-29-30-23(32(22)31-19)15-9-11-26-12-10-15/h2-14H,1H3,(H2,27,28,33). The summed E-state index contributed by atoms with van der Waals surface area (Å²) in [5.74, 6) is 1.12. The highest BCUT2D eigenvalue weighted by atomic mass is 35.5. The molecule has 0 spiro atoms. The van der Waals surface area contributed by atoms with E-state index in [1.54, 1.807) is 41.2 Å². The van der Waals surface area contributed by atoms with Gasteiger partial charge in [-0.25, -0.2) is 4.79 Å². The number of nitrogens with one attached hydrogen (secondary N) is 2. The van der Waals surface area contributed by atoms with Gasteiger partial charge in [-0.1, -0.05) is 23.7 Å². The number of aromatic nitrogens is 5. The number of pyridine rings is 1. The van der Waals surface area contributed by atoms with Crippen molar-refractivity contribution in [2.45, 2.75) is 0 Å². The average Bonchev–Trinajstić information content (AvgIpc) is 3.28. The van der Waals surface area contributed by atoms with Gasteiger partial charge < -0.3 is 15.4 Å². The number of hydrogen-bond donors (Lipinski definition) is 2. The molecule has 168 valence electrons. The van der Waals surface area contributed by atoms with E-state index in [0.29, 0.717) is 39.3 Å². The molecule has 0 atom stereocenters. The summed E-state index contributed by atoms with van der Waals surface area (Å²) < 4.78 is 6.96. The fourth-order valence-electron chi connectivity index (χ4n) is 3.44. The van der Waals surface area contributed by atoms with Gasteiger partial charge in [0.1, 0.15) is 5.75 Å². The lowest BCUT2D eigenvalue weighted by Gasteiger charge is -2.12. The van der Waals surface area contributed by atoms with Crippen LogP contribution in [0.3, 0.4) is 0 Å². The van der Waals surface area contributed by atoms with E-state index in [0.717, 1.165) is 11.1 Å². The molecule has 0 radical (unpaired) electrons. The van der Waals surface area contributed by atoms with Gasteiger partial charge in [-0.3, -0.25) is 4.98 Å². The number of urea groups is 1. The van der Waals surface area contributed by atoms with Crippen LogP contribution in [0.1, 0.15) is 0 Å². The molecule has 0 aliphatic carbocycles. The third-order valence-corrected chi connectivity index (χ3v) is 5.26. The Bertz CT molecular complexity index is 1490. The van der Waals surface area contributed by atoms with Crippen LogP contribution >= 0.6 is 11.6 Å². The minimum atomic E-state index is -0.431. The maximum atomic E-state index is 12.6. The summed E-state index contributed by atoms with van der Waals surface area (Å²) >= 11 is 6.04. The predicted molar refractivity (Wildman–Crippen MR) is 130 cm³/mol. The normalized spacial score (nSPS) is 10.8. The lowest BCUT2D eigenvalue weighted by atomic mass is 10.1. The molecular formula is C24H18ClN7O2. The molecule has 5 aromatic rings. The van der Waals surface area contributed by atoms with E-state index < -0.39 is 6.03 Å². The van der Waals surface area contributed by atoms with Crippen molar-refractivity contribution in [2.24, 2.45) is 0 Å². The fourth-order valence-corrected chi connectivity index (χ4v) is 3.61. The Kier molecular flexibility index (Phi) is 5.75. The second-order valence-corrected chi connectivity index (χ2v) is 7.69. The Hall–Kier alpha value is -4.50. The molecule has 0 fully saturated rings. The summed E-state index contributed by atoms with van der Waals surface area (Å²) in [5, 5.41) is 19.2. The molecule has 5 rings (SSSR count). The van der Waals surface area contributed by atoms with Crippen LogP contribution in [0, 0.1) is 0 Å². The van der Waals surface area contributed by atoms with Gasteiger partial charge in [0.2, 0.25) is 0 Å². The number of hydrogen-bond acceptors (Lipinski definition) is 6. The first-order valence-electron chi connectivity index (χ1n) is 10.3. The van der Waals surface area contributed by atoms with E-state index >= 15 is 0 Å². The molecule has 0 saturated heterocycles. The fraction of sp³-hybridized carbons (Fsp3) is 0.0417. The van der Waals surface area contributed by atoms with Gasteiger partial charge in [0.15, 0.2) is 11.5 Å². The van der Waals surface area contributed by atoms with Gasteiger partial charge in [-0.2, -0.15) is 9.61 Å². The number of fused-ring (bicyclic) bond motifs is 1. The molecule has 2 N–H and O–H groups in total. The van der Waals surface area contributed by atoms with E-state index in [4.69, 9.17) is 21.4 Å². The van der Waals surface area contributed by atoms with Crippen LogP contribution in [0.5, 0.6) is 5.75 Å². The molecule has 0 aliphatic rings. The number of nitrogens with zero attached hydrogens (tertiary/aromatic N) is 5. The molecule has 0 aliphatic heterocycles. The predicted octanol–water partition coefficient (Wildman–Crippen LogP) is 5.16. The van der Waals surface area contributed by atoms with E-state index in [2.05, 4.69) is 25.8 Å². The number of amides is 2. The first-order valence-corrected chi connectivity index (χ1v) is 10.6. The molecule has 2 amide bonds. The number of carbonyl (C=O) groups is 1. The van der Waals surface area contributed by atoms with Crippen molar-refractivity contribution in [3.63, 3.8) is 0 Å². The SMILES string of the molecule is COc1ccc(Cl)cc1NC(=O)Nc1cccc(-c2ccc3nnc(-c4ccncc4)n3n2)c1. The van der Waals surface area contributed by atoms with Gasteiger partial charge >= 0.3 is 6.03 Å². The Labute approximate surface area is 199 Å². The smallest absolute Gasteiger partial charge is 0.323 e. The van der Waals surface area contributed by atoms with Gasteiger partial charge in [-0.05, 0) is 54.6 Å². The lowest BCUT2D eigenvalue weighted by Crippen LogP contribution is -2.19. The highest BCUT2D eigenvalue weighted by Gasteiger charge is 2.12. The second kappa shape index (κ2) is 9.16. The van der Waals surface area contributed by atoms with Crippen molar-refractivity contribution < 1.29 is 9.53 Å². The summed E-state index contributed by atoms with van der Waals surface area (Å²) in [6, 6.07) is 19.3. The maximum absolute atomic E-state index is 12.6. The van der Waals surface area contributed by atoms with Crippen molar-refractivity contribution in [3.05, 3.63) is 84.1 Å². The molecule has 0 bridgehead atoms. The number of benzene rings is 2. The monoisotopic (exact) mass is 471 g/mol. The lowest BCUT2D eigenvalue weighted by molar-refractivity contribution is 0.262. The van der Waals surface area contributed by atoms with E-state index in [-0.39, 0.29) is 0 Å². The van der Waals surface area contributed by atoms with Gasteiger partial charge in [0, 0.05) is 34.2 Å². The largest absolute Gasteiger partial charge is 0.495 e. The third kappa shape index (κ3) is 4.37. The second-order valence-electron chi connectivity index (χ2n) is 7.25. The number of rotatable bonds is 5. The zero-order valence-corrected chi connectivity index (χ0v) is 18.7. The van der Waals surface area contributed by atoms with Crippen molar-refractivity contribution in [2.75, 3.05) is 17.7 Å². The van der Waals surface area contributed by atoms with Crippen LogP contribution in [0.25, 0.3) is 28.3 Å².